The number of likely N-dealkylation sites (tertiary alicyclic amines) is 1. The first-order chi connectivity index (χ1) is 11.6. The lowest BCUT2D eigenvalue weighted by Gasteiger charge is -2.43. The van der Waals surface area contributed by atoms with Crippen LogP contribution in [0.5, 0.6) is 0 Å². The van der Waals surface area contributed by atoms with Gasteiger partial charge < -0.3 is 5.11 Å². The first-order valence-electron chi connectivity index (χ1n) is 8.54. The molecule has 2 aromatic rings. The van der Waals surface area contributed by atoms with Gasteiger partial charge in [0, 0.05) is 19.0 Å². The van der Waals surface area contributed by atoms with Gasteiger partial charge in [-0.15, -0.1) is 5.10 Å². The maximum atomic E-state index is 13.1. The van der Waals surface area contributed by atoms with Gasteiger partial charge in [-0.2, -0.15) is 0 Å². The molecule has 0 unspecified atom stereocenters. The van der Waals surface area contributed by atoms with Crippen LogP contribution in [-0.2, 0) is 12.1 Å². The van der Waals surface area contributed by atoms with Crippen LogP contribution < -0.4 is 0 Å². The molecule has 2 aliphatic rings. The fourth-order valence-electron chi connectivity index (χ4n) is 3.63. The Balaban J connectivity index is 1.46. The van der Waals surface area contributed by atoms with E-state index < -0.39 is 5.60 Å². The SMILES string of the molecule is C[C@@H]1CN(Cc2nnnn2C2CC2)CC[C@]1(O)c1ccc(F)cc1. The number of tetrazole rings is 1. The van der Waals surface area contributed by atoms with Crippen LogP contribution in [0.3, 0.4) is 0 Å². The van der Waals surface area contributed by atoms with Crippen LogP contribution in [0.15, 0.2) is 24.3 Å². The number of nitrogens with zero attached hydrogens (tertiary/aromatic N) is 5. The second-order valence-corrected chi connectivity index (χ2v) is 7.09. The van der Waals surface area contributed by atoms with Gasteiger partial charge in [0.1, 0.15) is 5.82 Å². The number of benzene rings is 1. The summed E-state index contributed by atoms with van der Waals surface area (Å²) in [6.07, 6.45) is 2.92. The van der Waals surface area contributed by atoms with Gasteiger partial charge in [0.05, 0.1) is 18.2 Å². The molecule has 4 rings (SSSR count). The molecule has 1 aliphatic carbocycles. The summed E-state index contributed by atoms with van der Waals surface area (Å²) < 4.78 is 15.1. The number of rotatable bonds is 4. The first-order valence-corrected chi connectivity index (χ1v) is 8.54. The summed E-state index contributed by atoms with van der Waals surface area (Å²) >= 11 is 0. The third-order valence-corrected chi connectivity index (χ3v) is 5.32. The molecule has 7 heteroatoms. The Hall–Kier alpha value is -1.86. The van der Waals surface area contributed by atoms with Crippen LogP contribution in [0.4, 0.5) is 4.39 Å². The van der Waals surface area contributed by atoms with Crippen molar-refractivity contribution in [3.63, 3.8) is 0 Å². The van der Waals surface area contributed by atoms with Gasteiger partial charge in [-0.05, 0) is 47.4 Å². The van der Waals surface area contributed by atoms with Crippen molar-refractivity contribution in [2.75, 3.05) is 13.1 Å². The number of hydrogen-bond acceptors (Lipinski definition) is 5. The van der Waals surface area contributed by atoms with Crippen LogP contribution in [0.1, 0.15) is 43.6 Å². The molecular weight excluding hydrogens is 309 g/mol. The van der Waals surface area contributed by atoms with Gasteiger partial charge >= 0.3 is 0 Å². The summed E-state index contributed by atoms with van der Waals surface area (Å²) in [6, 6.07) is 6.67. The third kappa shape index (κ3) is 2.82. The van der Waals surface area contributed by atoms with E-state index in [2.05, 4.69) is 20.4 Å². The smallest absolute Gasteiger partial charge is 0.165 e. The Bertz CT molecular complexity index is 714. The number of halogens is 1. The molecule has 1 aliphatic heterocycles. The Kier molecular flexibility index (Phi) is 3.85. The maximum absolute atomic E-state index is 13.1. The monoisotopic (exact) mass is 331 g/mol. The highest BCUT2D eigenvalue weighted by Crippen LogP contribution is 2.38. The van der Waals surface area contributed by atoms with E-state index in [9.17, 15) is 9.50 Å². The molecule has 0 bridgehead atoms. The highest BCUT2D eigenvalue weighted by atomic mass is 19.1. The molecule has 1 N–H and O–H groups in total. The zero-order chi connectivity index (χ0) is 16.7. The van der Waals surface area contributed by atoms with Crippen molar-refractivity contribution in [2.24, 2.45) is 5.92 Å². The van der Waals surface area contributed by atoms with E-state index in [-0.39, 0.29) is 11.7 Å². The highest BCUT2D eigenvalue weighted by Gasteiger charge is 2.40. The molecule has 1 aromatic heterocycles. The minimum Gasteiger partial charge on any atom is -0.385 e. The molecule has 0 radical (unpaired) electrons. The topological polar surface area (TPSA) is 67.1 Å². The van der Waals surface area contributed by atoms with Crippen molar-refractivity contribution >= 4 is 0 Å². The maximum Gasteiger partial charge on any atom is 0.165 e. The number of aliphatic hydroxyl groups is 1. The summed E-state index contributed by atoms with van der Waals surface area (Å²) in [6.45, 7) is 4.26. The standard InChI is InChI=1S/C17H22FN5O/c1-12-10-22(11-16-19-20-21-23(16)15-6-7-15)9-8-17(12,24)13-2-4-14(18)5-3-13/h2-5,12,15,24H,6-11H2,1H3/t12-,17-/m1/s1. The fourth-order valence-corrected chi connectivity index (χ4v) is 3.63. The molecule has 1 saturated heterocycles. The summed E-state index contributed by atoms with van der Waals surface area (Å²) in [5.41, 5.74) is -0.119. The van der Waals surface area contributed by atoms with Gasteiger partial charge in [0.2, 0.25) is 0 Å². The van der Waals surface area contributed by atoms with E-state index in [4.69, 9.17) is 0 Å². The van der Waals surface area contributed by atoms with Crippen LogP contribution >= 0.6 is 0 Å². The largest absolute Gasteiger partial charge is 0.385 e. The van der Waals surface area contributed by atoms with E-state index >= 15 is 0 Å². The van der Waals surface area contributed by atoms with Crippen LogP contribution in [0, 0.1) is 11.7 Å². The molecule has 2 heterocycles. The van der Waals surface area contributed by atoms with Crippen LogP contribution in [0.25, 0.3) is 0 Å². The highest BCUT2D eigenvalue weighted by molar-refractivity contribution is 5.24. The fraction of sp³-hybridized carbons (Fsp3) is 0.588. The van der Waals surface area contributed by atoms with Crippen molar-refractivity contribution in [3.05, 3.63) is 41.5 Å². The van der Waals surface area contributed by atoms with Crippen molar-refractivity contribution in [2.45, 2.75) is 44.4 Å². The Morgan fingerprint density at radius 3 is 2.71 bits per heavy atom. The number of piperidine rings is 1. The van der Waals surface area contributed by atoms with Crippen molar-refractivity contribution < 1.29 is 9.50 Å². The molecule has 24 heavy (non-hydrogen) atoms. The average molecular weight is 331 g/mol. The first kappa shape index (κ1) is 15.7. The number of aromatic nitrogens is 4. The Labute approximate surface area is 140 Å². The van der Waals surface area contributed by atoms with Crippen molar-refractivity contribution in [1.29, 1.82) is 0 Å². The number of hydrogen-bond donors (Lipinski definition) is 1. The predicted molar refractivity (Wildman–Crippen MR) is 85.4 cm³/mol. The minimum atomic E-state index is -0.910. The minimum absolute atomic E-state index is 0.0435. The summed E-state index contributed by atoms with van der Waals surface area (Å²) in [4.78, 5) is 2.28. The van der Waals surface area contributed by atoms with E-state index in [1.165, 1.54) is 12.1 Å². The zero-order valence-corrected chi connectivity index (χ0v) is 13.8. The van der Waals surface area contributed by atoms with Crippen LogP contribution in [0.2, 0.25) is 0 Å². The zero-order valence-electron chi connectivity index (χ0n) is 13.8. The van der Waals surface area contributed by atoms with Crippen LogP contribution in [-0.4, -0.2) is 43.3 Å². The second kappa shape index (κ2) is 5.89. The van der Waals surface area contributed by atoms with E-state index in [0.29, 0.717) is 19.0 Å². The van der Waals surface area contributed by atoms with E-state index in [1.54, 1.807) is 12.1 Å². The van der Waals surface area contributed by atoms with Gasteiger partial charge in [0.15, 0.2) is 5.82 Å². The molecule has 1 saturated carbocycles. The summed E-state index contributed by atoms with van der Waals surface area (Å²) in [5, 5.41) is 23.2. The Morgan fingerprint density at radius 1 is 1.29 bits per heavy atom. The molecule has 0 amide bonds. The summed E-state index contributed by atoms with van der Waals surface area (Å²) in [7, 11) is 0. The lowest BCUT2D eigenvalue weighted by atomic mass is 9.77. The molecular formula is C17H22FN5O. The van der Waals surface area contributed by atoms with Gasteiger partial charge in [-0.25, -0.2) is 9.07 Å². The predicted octanol–water partition coefficient (Wildman–Crippen LogP) is 1.88. The molecule has 128 valence electrons. The second-order valence-electron chi connectivity index (χ2n) is 7.09. The summed E-state index contributed by atoms with van der Waals surface area (Å²) in [5.74, 6) is 0.665. The normalized spacial score (nSPS) is 28.2. The lowest BCUT2D eigenvalue weighted by Crippen LogP contribution is -2.48. The van der Waals surface area contributed by atoms with Crippen molar-refractivity contribution in [3.8, 4) is 0 Å². The molecule has 6 nitrogen and oxygen atoms in total. The molecule has 0 spiro atoms. The molecule has 2 fully saturated rings. The quantitative estimate of drug-likeness (QED) is 0.926. The lowest BCUT2D eigenvalue weighted by molar-refractivity contribution is -0.0734. The van der Waals surface area contributed by atoms with Crippen molar-refractivity contribution in [1.82, 2.24) is 25.1 Å². The molecule has 1 aromatic carbocycles. The van der Waals surface area contributed by atoms with Gasteiger partial charge in [-0.1, -0.05) is 19.1 Å². The van der Waals surface area contributed by atoms with Gasteiger partial charge in [0.25, 0.3) is 0 Å². The Morgan fingerprint density at radius 2 is 2.04 bits per heavy atom. The average Bonchev–Trinajstić information content (AvgIpc) is 3.31. The van der Waals surface area contributed by atoms with E-state index in [1.807, 2.05) is 11.6 Å². The van der Waals surface area contributed by atoms with Gasteiger partial charge in [-0.3, -0.25) is 4.90 Å². The molecule has 2 atom stereocenters. The third-order valence-electron chi connectivity index (χ3n) is 5.32. The van der Waals surface area contributed by atoms with E-state index in [0.717, 1.165) is 37.3 Å².